The Bertz CT molecular complexity index is 1100. The number of anilines is 2. The molecule has 3 N–H and O–H groups in total. The van der Waals surface area contributed by atoms with Crippen molar-refractivity contribution in [2.45, 2.75) is 38.6 Å². The first-order valence-electron chi connectivity index (χ1n) is 9.32. The third-order valence-corrected chi connectivity index (χ3v) is 6.35. The van der Waals surface area contributed by atoms with Crippen LogP contribution in [0.3, 0.4) is 0 Å². The van der Waals surface area contributed by atoms with Crippen molar-refractivity contribution in [3.05, 3.63) is 45.2 Å². The third kappa shape index (κ3) is 3.35. The summed E-state index contributed by atoms with van der Waals surface area (Å²) >= 11 is 1.56. The molecule has 1 aliphatic rings. The Labute approximate surface area is 166 Å². The molecule has 28 heavy (non-hydrogen) atoms. The van der Waals surface area contributed by atoms with Crippen molar-refractivity contribution in [3.8, 4) is 5.75 Å². The lowest BCUT2D eigenvalue weighted by Crippen LogP contribution is -2.30. The molecule has 146 valence electrons. The highest BCUT2D eigenvalue weighted by Gasteiger charge is 2.22. The van der Waals surface area contributed by atoms with E-state index < -0.39 is 5.69 Å². The van der Waals surface area contributed by atoms with Crippen molar-refractivity contribution in [2.75, 3.05) is 18.2 Å². The predicted molar refractivity (Wildman–Crippen MR) is 111 cm³/mol. The molecule has 0 unspecified atom stereocenters. The van der Waals surface area contributed by atoms with Gasteiger partial charge < -0.3 is 15.8 Å². The van der Waals surface area contributed by atoms with E-state index in [4.69, 9.17) is 10.5 Å². The molecule has 1 aromatic carbocycles. The van der Waals surface area contributed by atoms with Gasteiger partial charge in [-0.25, -0.2) is 4.79 Å². The van der Waals surface area contributed by atoms with Crippen LogP contribution in [0.25, 0.3) is 10.2 Å². The van der Waals surface area contributed by atoms with Gasteiger partial charge in [-0.2, -0.15) is 4.98 Å². The van der Waals surface area contributed by atoms with Gasteiger partial charge in [0.25, 0.3) is 0 Å². The van der Waals surface area contributed by atoms with Crippen molar-refractivity contribution in [2.24, 2.45) is 0 Å². The number of benzene rings is 1. The van der Waals surface area contributed by atoms with Gasteiger partial charge in [0, 0.05) is 4.88 Å². The summed E-state index contributed by atoms with van der Waals surface area (Å²) in [6.45, 7) is -0.125. The molecule has 0 atom stereocenters. The average Bonchev–Trinajstić information content (AvgIpc) is 2.89. The lowest BCUT2D eigenvalue weighted by Gasteiger charge is -2.11. The van der Waals surface area contributed by atoms with Gasteiger partial charge in [-0.1, -0.05) is 18.6 Å². The molecule has 0 radical (unpaired) electrons. The molecule has 0 spiro atoms. The van der Waals surface area contributed by atoms with Crippen molar-refractivity contribution in [1.29, 1.82) is 0 Å². The second-order valence-corrected chi connectivity index (χ2v) is 7.94. The van der Waals surface area contributed by atoms with E-state index in [0.29, 0.717) is 11.4 Å². The zero-order valence-corrected chi connectivity index (χ0v) is 16.5. The molecule has 7 nitrogen and oxygen atoms in total. The standard InChI is InChI=1S/C20H22N4O3S/c1-27-14-9-6-5-8-13(14)22-16(25)11-24-19-17(18(21)23-20(24)26)12-7-3-2-4-10-15(12)28-19/h5-6,8-9H,2-4,7,10-11H2,1H3,(H,22,25)(H2,21,23,26). The van der Waals surface area contributed by atoms with Gasteiger partial charge >= 0.3 is 5.69 Å². The minimum atomic E-state index is -0.503. The number of aryl methyl sites for hydroxylation is 2. The van der Waals surface area contributed by atoms with E-state index in [9.17, 15) is 9.59 Å². The van der Waals surface area contributed by atoms with Crippen LogP contribution in [-0.2, 0) is 24.2 Å². The number of amides is 1. The molecule has 2 aromatic heterocycles. The number of hydrogen-bond donors (Lipinski definition) is 2. The fourth-order valence-electron chi connectivity index (χ4n) is 3.71. The minimum Gasteiger partial charge on any atom is -0.495 e. The number of nitrogens with two attached hydrogens (primary N) is 1. The molecule has 3 aromatic rings. The van der Waals surface area contributed by atoms with Gasteiger partial charge in [-0.3, -0.25) is 9.36 Å². The van der Waals surface area contributed by atoms with Crippen LogP contribution in [-0.4, -0.2) is 22.6 Å². The molecular weight excluding hydrogens is 376 g/mol. The Balaban J connectivity index is 1.70. The molecule has 2 heterocycles. The summed E-state index contributed by atoms with van der Waals surface area (Å²) in [7, 11) is 1.54. The van der Waals surface area contributed by atoms with E-state index in [1.54, 1.807) is 30.6 Å². The first-order chi connectivity index (χ1) is 13.6. The summed E-state index contributed by atoms with van der Waals surface area (Å²) in [6.07, 6.45) is 5.34. The number of nitrogen functional groups attached to an aromatic ring is 1. The van der Waals surface area contributed by atoms with Gasteiger partial charge in [-0.15, -0.1) is 11.3 Å². The minimum absolute atomic E-state index is 0.125. The third-order valence-electron chi connectivity index (χ3n) is 5.03. The highest BCUT2D eigenvalue weighted by molar-refractivity contribution is 7.19. The van der Waals surface area contributed by atoms with Crippen LogP contribution in [0.4, 0.5) is 11.5 Å². The maximum atomic E-state index is 12.6. The molecule has 4 rings (SSSR count). The maximum Gasteiger partial charge on any atom is 0.351 e. The van der Waals surface area contributed by atoms with Crippen LogP contribution in [0.5, 0.6) is 5.75 Å². The highest BCUT2D eigenvalue weighted by Crippen LogP contribution is 2.37. The van der Waals surface area contributed by atoms with Crippen LogP contribution >= 0.6 is 11.3 Å². The van der Waals surface area contributed by atoms with E-state index in [1.807, 2.05) is 12.1 Å². The summed E-state index contributed by atoms with van der Waals surface area (Å²) in [5.41, 5.74) is 7.36. The van der Waals surface area contributed by atoms with Crippen molar-refractivity contribution in [1.82, 2.24) is 9.55 Å². The smallest absolute Gasteiger partial charge is 0.351 e. The Kier molecular flexibility index (Phi) is 5.04. The number of methoxy groups -OCH3 is 1. The lowest BCUT2D eigenvalue weighted by atomic mass is 10.1. The molecule has 0 saturated heterocycles. The number of nitrogens with zero attached hydrogens (tertiary/aromatic N) is 2. The van der Waals surface area contributed by atoms with Gasteiger partial charge in [-0.05, 0) is 43.4 Å². The monoisotopic (exact) mass is 398 g/mol. The topological polar surface area (TPSA) is 99.2 Å². The largest absolute Gasteiger partial charge is 0.495 e. The number of ether oxygens (including phenoxy) is 1. The predicted octanol–water partition coefficient (Wildman–Crippen LogP) is 2.96. The van der Waals surface area contributed by atoms with E-state index in [-0.39, 0.29) is 18.3 Å². The molecule has 0 aliphatic heterocycles. The summed E-state index contributed by atoms with van der Waals surface area (Å²) in [4.78, 5) is 31.2. The van der Waals surface area contributed by atoms with Crippen molar-refractivity contribution in [3.63, 3.8) is 0 Å². The number of carbonyl (C=O) groups excluding carboxylic acids is 1. The average molecular weight is 398 g/mol. The van der Waals surface area contributed by atoms with E-state index in [0.717, 1.165) is 35.9 Å². The number of rotatable bonds is 4. The van der Waals surface area contributed by atoms with Crippen LogP contribution < -0.4 is 21.5 Å². The number of thiophene rings is 1. The van der Waals surface area contributed by atoms with E-state index in [2.05, 4.69) is 10.3 Å². The second kappa shape index (κ2) is 7.63. The zero-order chi connectivity index (χ0) is 19.7. The highest BCUT2D eigenvalue weighted by atomic mass is 32.1. The number of para-hydroxylation sites is 2. The quantitative estimate of drug-likeness (QED) is 0.658. The SMILES string of the molecule is COc1ccccc1NC(=O)Cn1c(=O)nc(N)c2c3c(sc21)CCCCC3. The number of nitrogens with one attached hydrogen (secondary N) is 1. The van der Waals surface area contributed by atoms with Crippen LogP contribution in [0.1, 0.15) is 29.7 Å². The lowest BCUT2D eigenvalue weighted by molar-refractivity contribution is -0.116. The van der Waals surface area contributed by atoms with Crippen LogP contribution in [0.2, 0.25) is 0 Å². The molecule has 0 fully saturated rings. The molecule has 8 heteroatoms. The van der Waals surface area contributed by atoms with Crippen molar-refractivity contribution >= 4 is 39.0 Å². The van der Waals surface area contributed by atoms with Gasteiger partial charge in [0.05, 0.1) is 18.2 Å². The molecular formula is C20H22N4O3S. The van der Waals surface area contributed by atoms with Crippen LogP contribution in [0.15, 0.2) is 29.1 Å². The number of carbonyl (C=O) groups is 1. The maximum absolute atomic E-state index is 12.6. The van der Waals surface area contributed by atoms with Crippen molar-refractivity contribution < 1.29 is 9.53 Å². The molecule has 1 aliphatic carbocycles. The van der Waals surface area contributed by atoms with Gasteiger partial charge in [0.15, 0.2) is 0 Å². The normalized spacial score (nSPS) is 13.8. The van der Waals surface area contributed by atoms with Crippen LogP contribution in [0, 0.1) is 0 Å². The first-order valence-corrected chi connectivity index (χ1v) is 10.1. The van der Waals surface area contributed by atoms with Gasteiger partial charge in [0.2, 0.25) is 5.91 Å². The fraction of sp³-hybridized carbons (Fsp3) is 0.350. The Hall–Kier alpha value is -2.87. The molecule has 1 amide bonds. The summed E-state index contributed by atoms with van der Waals surface area (Å²) < 4.78 is 6.69. The first kappa shape index (κ1) is 18.5. The number of fused-ring (bicyclic) bond motifs is 3. The molecule has 0 bridgehead atoms. The zero-order valence-electron chi connectivity index (χ0n) is 15.7. The Morgan fingerprint density at radius 2 is 2.07 bits per heavy atom. The van der Waals surface area contributed by atoms with Gasteiger partial charge in [0.1, 0.15) is 22.9 Å². The fourth-order valence-corrected chi connectivity index (χ4v) is 5.10. The van der Waals surface area contributed by atoms with E-state index in [1.165, 1.54) is 21.4 Å². The number of hydrogen-bond acceptors (Lipinski definition) is 6. The Morgan fingerprint density at radius 1 is 1.29 bits per heavy atom. The van der Waals surface area contributed by atoms with E-state index >= 15 is 0 Å². The number of aromatic nitrogens is 2. The summed E-state index contributed by atoms with van der Waals surface area (Å²) in [5.74, 6) is 0.510. The second-order valence-electron chi connectivity index (χ2n) is 6.86. The Morgan fingerprint density at radius 3 is 2.89 bits per heavy atom. The molecule has 0 saturated carbocycles. The summed E-state index contributed by atoms with van der Waals surface area (Å²) in [5, 5.41) is 3.65. The summed E-state index contributed by atoms with van der Waals surface area (Å²) in [6, 6.07) is 7.15.